The zero-order valence-corrected chi connectivity index (χ0v) is 24.2. The molecular formula is C26H37NO6S2Si. The summed E-state index contributed by atoms with van der Waals surface area (Å²) in [5.74, 6) is -0.498. The number of aliphatic hydroxyl groups is 1. The maximum Gasteiger partial charge on any atom is 0.341 e. The lowest BCUT2D eigenvalue weighted by atomic mass is 9.95. The summed E-state index contributed by atoms with van der Waals surface area (Å²) in [5, 5.41) is 9.60. The van der Waals surface area contributed by atoms with Crippen molar-refractivity contribution in [2.24, 2.45) is 0 Å². The Labute approximate surface area is 219 Å². The predicted octanol–water partition coefficient (Wildman–Crippen LogP) is 5.32. The van der Waals surface area contributed by atoms with Gasteiger partial charge in [0.1, 0.15) is 11.7 Å². The van der Waals surface area contributed by atoms with E-state index in [1.165, 1.54) is 21.7 Å². The van der Waals surface area contributed by atoms with Gasteiger partial charge in [-0.1, -0.05) is 50.0 Å². The van der Waals surface area contributed by atoms with Gasteiger partial charge in [-0.05, 0) is 55.8 Å². The molecule has 1 N–H and O–H groups in total. The summed E-state index contributed by atoms with van der Waals surface area (Å²) in [7, 11) is -5.50. The number of aliphatic hydroxyl groups excluding tert-OH is 1. The second kappa shape index (κ2) is 12.5. The van der Waals surface area contributed by atoms with Gasteiger partial charge in [-0.3, -0.25) is 0 Å². The molecule has 0 saturated carbocycles. The molecule has 36 heavy (non-hydrogen) atoms. The van der Waals surface area contributed by atoms with Crippen molar-refractivity contribution >= 4 is 46.5 Å². The van der Waals surface area contributed by atoms with Gasteiger partial charge in [0.25, 0.3) is 10.0 Å². The number of hydrogen-bond donors (Lipinski definition) is 1. The van der Waals surface area contributed by atoms with Crippen molar-refractivity contribution in [3.63, 3.8) is 0 Å². The molecule has 10 heteroatoms. The lowest BCUT2D eigenvalue weighted by Gasteiger charge is -2.25. The molecule has 3 rings (SSSR count). The summed E-state index contributed by atoms with van der Waals surface area (Å²) in [6, 6.07) is 7.54. The second-order valence-electron chi connectivity index (χ2n) is 9.94. The van der Waals surface area contributed by atoms with Crippen LogP contribution in [0.4, 0.5) is 5.00 Å². The topological polar surface area (TPSA) is 93.1 Å². The van der Waals surface area contributed by atoms with Crippen LogP contribution in [-0.4, -0.2) is 54.1 Å². The van der Waals surface area contributed by atoms with Gasteiger partial charge in [0, 0.05) is 19.6 Å². The Balaban J connectivity index is 2.13. The molecule has 1 aliphatic rings. The van der Waals surface area contributed by atoms with Gasteiger partial charge in [-0.15, -0.1) is 11.3 Å². The number of fused-ring (bicyclic) bond motifs is 1. The quantitative estimate of drug-likeness (QED) is 0.166. The number of thiophene rings is 1. The van der Waals surface area contributed by atoms with Crippen molar-refractivity contribution < 1.29 is 27.8 Å². The molecule has 198 valence electrons. The van der Waals surface area contributed by atoms with E-state index in [0.29, 0.717) is 22.7 Å². The molecule has 1 aliphatic carbocycles. The highest BCUT2D eigenvalue weighted by Gasteiger charge is 2.35. The highest BCUT2D eigenvalue weighted by molar-refractivity contribution is 7.93. The summed E-state index contributed by atoms with van der Waals surface area (Å²) >= 11 is 1.35. The molecule has 1 heterocycles. The maximum absolute atomic E-state index is 14.2. The average molecular weight is 552 g/mol. The maximum atomic E-state index is 14.2. The van der Waals surface area contributed by atoms with Crippen molar-refractivity contribution in [3.05, 3.63) is 51.9 Å². The van der Waals surface area contributed by atoms with Crippen molar-refractivity contribution in [2.45, 2.75) is 63.2 Å². The van der Waals surface area contributed by atoms with Gasteiger partial charge in [-0.25, -0.2) is 17.5 Å². The van der Waals surface area contributed by atoms with Crippen LogP contribution in [0.25, 0.3) is 6.08 Å². The van der Waals surface area contributed by atoms with Gasteiger partial charge in [0.15, 0.2) is 0 Å². The number of hydrogen-bond acceptors (Lipinski definition) is 7. The van der Waals surface area contributed by atoms with Gasteiger partial charge < -0.3 is 14.6 Å². The first-order valence-corrected chi connectivity index (χ1v) is 18.3. The molecule has 0 unspecified atom stereocenters. The van der Waals surface area contributed by atoms with Crippen LogP contribution in [0.5, 0.6) is 0 Å². The normalized spacial score (nSPS) is 14.1. The van der Waals surface area contributed by atoms with Crippen molar-refractivity contribution in [3.8, 4) is 0 Å². The van der Waals surface area contributed by atoms with E-state index in [4.69, 9.17) is 9.47 Å². The Morgan fingerprint density at radius 1 is 1.19 bits per heavy atom. The Bertz CT molecular complexity index is 1180. The molecule has 7 nitrogen and oxygen atoms in total. The predicted molar refractivity (Wildman–Crippen MR) is 148 cm³/mol. The minimum absolute atomic E-state index is 0.0877. The van der Waals surface area contributed by atoms with Crippen LogP contribution < -0.4 is 4.31 Å². The van der Waals surface area contributed by atoms with E-state index >= 15 is 0 Å². The van der Waals surface area contributed by atoms with Crippen molar-refractivity contribution in [1.82, 2.24) is 0 Å². The van der Waals surface area contributed by atoms with E-state index in [1.54, 1.807) is 37.3 Å². The fourth-order valence-electron chi connectivity index (χ4n) is 4.06. The minimum Gasteiger partial charge on any atom is -0.462 e. The number of ether oxygens (including phenoxy) is 2. The lowest BCUT2D eigenvalue weighted by molar-refractivity contribution is 0.0526. The summed E-state index contributed by atoms with van der Waals surface area (Å²) < 4.78 is 40.9. The van der Waals surface area contributed by atoms with Crippen LogP contribution >= 0.6 is 11.3 Å². The first-order valence-electron chi connectivity index (χ1n) is 12.4. The Hall–Kier alpha value is -1.98. The molecule has 1 aromatic heterocycles. The van der Waals surface area contributed by atoms with Gasteiger partial charge >= 0.3 is 5.97 Å². The van der Waals surface area contributed by atoms with Crippen LogP contribution in [0.1, 0.15) is 46.1 Å². The Kier molecular flexibility index (Phi) is 9.93. The first kappa shape index (κ1) is 28.6. The fourth-order valence-corrected chi connectivity index (χ4v) is 7.93. The minimum atomic E-state index is -4.11. The SMILES string of the molecule is CCOC(=O)c1c(N(COCC[Si](C)(C)C)S(=O)(=O)c2ccccc2/C=C\CO)sc2c1CCCC2. The van der Waals surface area contributed by atoms with Crippen LogP contribution in [0.3, 0.4) is 0 Å². The number of anilines is 1. The third-order valence-electron chi connectivity index (χ3n) is 5.95. The van der Waals surface area contributed by atoms with Gasteiger partial charge in [0.2, 0.25) is 0 Å². The highest BCUT2D eigenvalue weighted by Crippen LogP contribution is 2.43. The number of carbonyl (C=O) groups is 1. The fraction of sp³-hybridized carbons (Fsp3) is 0.500. The molecule has 2 aromatic rings. The molecule has 0 bridgehead atoms. The monoisotopic (exact) mass is 551 g/mol. The standard InChI is InChI=1S/C26H37NO6S2Si/c1-5-33-26(29)24-21-13-7-8-14-22(21)34-25(24)27(19-32-17-18-36(2,3)4)35(30,31)23-15-9-6-11-20(23)12-10-16-28/h6,9-12,15,28H,5,7-8,13-14,16-19H2,1-4H3/b12-10-. The van der Waals surface area contributed by atoms with Crippen LogP contribution in [0, 0.1) is 0 Å². The van der Waals surface area contributed by atoms with Crippen LogP contribution in [0.2, 0.25) is 25.7 Å². The number of sulfonamides is 1. The zero-order chi connectivity index (χ0) is 26.3. The van der Waals surface area contributed by atoms with E-state index in [0.717, 1.165) is 42.2 Å². The molecule has 0 amide bonds. The average Bonchev–Trinajstić information content (AvgIpc) is 3.21. The highest BCUT2D eigenvalue weighted by atomic mass is 32.2. The van der Waals surface area contributed by atoms with Crippen LogP contribution in [0.15, 0.2) is 35.2 Å². The summed E-state index contributed by atoms with van der Waals surface area (Å²) in [6.45, 7) is 8.69. The molecule has 0 radical (unpaired) electrons. The second-order valence-corrected chi connectivity index (χ2v) is 18.5. The van der Waals surface area contributed by atoms with E-state index < -0.39 is 24.1 Å². The number of nitrogens with zero attached hydrogens (tertiary/aromatic N) is 1. The van der Waals surface area contributed by atoms with Gasteiger partial charge in [0.05, 0.1) is 23.7 Å². The van der Waals surface area contributed by atoms with Crippen molar-refractivity contribution in [2.75, 3.05) is 30.9 Å². The molecule has 0 saturated heterocycles. The van der Waals surface area contributed by atoms with E-state index in [-0.39, 0.29) is 24.8 Å². The molecular weight excluding hydrogens is 515 g/mol. The molecule has 1 aromatic carbocycles. The number of aryl methyl sites for hydroxylation is 1. The Morgan fingerprint density at radius 3 is 2.61 bits per heavy atom. The first-order chi connectivity index (χ1) is 17.1. The number of esters is 1. The van der Waals surface area contributed by atoms with E-state index in [1.807, 2.05) is 0 Å². The smallest absolute Gasteiger partial charge is 0.341 e. The van der Waals surface area contributed by atoms with E-state index in [2.05, 4.69) is 19.6 Å². The third-order valence-corrected chi connectivity index (χ3v) is 10.9. The van der Waals surface area contributed by atoms with Crippen molar-refractivity contribution in [1.29, 1.82) is 0 Å². The largest absolute Gasteiger partial charge is 0.462 e. The van der Waals surface area contributed by atoms with Gasteiger partial charge in [-0.2, -0.15) is 0 Å². The van der Waals surface area contributed by atoms with Crippen LogP contribution in [-0.2, 0) is 32.3 Å². The molecule has 0 atom stereocenters. The number of benzene rings is 1. The molecule has 0 aliphatic heterocycles. The van der Waals surface area contributed by atoms with E-state index in [9.17, 15) is 18.3 Å². The number of rotatable bonds is 12. The zero-order valence-electron chi connectivity index (χ0n) is 21.6. The number of carbonyl (C=O) groups excluding carboxylic acids is 1. The third kappa shape index (κ3) is 6.86. The summed E-state index contributed by atoms with van der Waals surface area (Å²) in [5.41, 5.74) is 1.70. The summed E-state index contributed by atoms with van der Waals surface area (Å²) in [4.78, 5) is 14.2. The molecule has 0 fully saturated rings. The lowest BCUT2D eigenvalue weighted by Crippen LogP contribution is -2.35. The Morgan fingerprint density at radius 2 is 1.92 bits per heavy atom. The molecule has 0 spiro atoms. The summed E-state index contributed by atoms with van der Waals surface area (Å²) in [6.07, 6.45) is 6.57.